The SMILES string of the molecule is COc1cc([C@H]2[C@H](N3C(=O)c4ccc([N+](=O)[O-])cc4C3=O)C(=O)N2c2ccc(C)c(Cl)c2)cc(OC)c1OC. The number of carbonyl (C=O) groups excluding carboxylic acids is 3. The summed E-state index contributed by atoms with van der Waals surface area (Å²) in [6.45, 7) is 1.82. The molecule has 5 rings (SSSR count). The summed E-state index contributed by atoms with van der Waals surface area (Å²) >= 11 is 6.36. The van der Waals surface area contributed by atoms with Crippen LogP contribution in [0.25, 0.3) is 0 Å². The molecule has 2 aliphatic heterocycles. The predicted molar refractivity (Wildman–Crippen MR) is 140 cm³/mol. The van der Waals surface area contributed by atoms with Gasteiger partial charge in [-0.1, -0.05) is 17.7 Å². The van der Waals surface area contributed by atoms with Crippen molar-refractivity contribution in [3.05, 3.63) is 85.9 Å². The van der Waals surface area contributed by atoms with Crippen molar-refractivity contribution < 1.29 is 33.5 Å². The first-order valence-corrected chi connectivity index (χ1v) is 12.1. The Labute approximate surface area is 227 Å². The third-order valence-corrected chi connectivity index (χ3v) is 7.33. The second-order valence-corrected chi connectivity index (χ2v) is 9.36. The zero-order valence-corrected chi connectivity index (χ0v) is 22.0. The van der Waals surface area contributed by atoms with Crippen molar-refractivity contribution >= 4 is 40.7 Å². The highest BCUT2D eigenvalue weighted by Gasteiger charge is 2.57. The highest BCUT2D eigenvalue weighted by atomic mass is 35.5. The maximum atomic E-state index is 13.7. The zero-order chi connectivity index (χ0) is 28.2. The van der Waals surface area contributed by atoms with E-state index in [1.165, 1.54) is 32.3 Å². The van der Waals surface area contributed by atoms with Crippen molar-refractivity contribution in [3.8, 4) is 17.2 Å². The molecule has 0 aromatic heterocycles. The Balaban J connectivity index is 1.65. The molecule has 3 aromatic carbocycles. The van der Waals surface area contributed by atoms with E-state index < -0.39 is 34.7 Å². The largest absolute Gasteiger partial charge is 0.493 e. The fourth-order valence-electron chi connectivity index (χ4n) is 4.96. The molecule has 3 aromatic rings. The van der Waals surface area contributed by atoms with Crippen molar-refractivity contribution in [2.75, 3.05) is 26.2 Å². The van der Waals surface area contributed by atoms with Gasteiger partial charge in [0.2, 0.25) is 5.75 Å². The lowest BCUT2D eigenvalue weighted by molar-refractivity contribution is -0.384. The number of β-lactam (4-membered cyclic amide) rings is 1. The number of ether oxygens (including phenoxy) is 3. The Morgan fingerprint density at radius 2 is 1.46 bits per heavy atom. The first-order valence-electron chi connectivity index (χ1n) is 11.7. The van der Waals surface area contributed by atoms with E-state index in [9.17, 15) is 24.5 Å². The second kappa shape index (κ2) is 9.59. The number of halogens is 1. The van der Waals surface area contributed by atoms with E-state index in [0.717, 1.165) is 22.6 Å². The number of fused-ring (bicyclic) bond motifs is 1. The Morgan fingerprint density at radius 3 is 2.03 bits per heavy atom. The summed E-state index contributed by atoms with van der Waals surface area (Å²) in [4.78, 5) is 53.5. The van der Waals surface area contributed by atoms with Crippen LogP contribution in [0.15, 0.2) is 48.5 Å². The van der Waals surface area contributed by atoms with Crippen molar-refractivity contribution in [2.45, 2.75) is 19.0 Å². The van der Waals surface area contributed by atoms with Crippen LogP contribution in [0.4, 0.5) is 11.4 Å². The first kappa shape index (κ1) is 26.0. The van der Waals surface area contributed by atoms with Gasteiger partial charge in [0.25, 0.3) is 23.4 Å². The minimum absolute atomic E-state index is 0.0149. The number of methoxy groups -OCH3 is 3. The monoisotopic (exact) mass is 551 g/mol. The van der Waals surface area contributed by atoms with Gasteiger partial charge in [-0.3, -0.25) is 29.4 Å². The average molecular weight is 552 g/mol. The van der Waals surface area contributed by atoms with Gasteiger partial charge in [0.1, 0.15) is 6.04 Å². The number of aryl methyl sites for hydroxylation is 1. The van der Waals surface area contributed by atoms with Crippen molar-refractivity contribution in [2.24, 2.45) is 0 Å². The highest BCUT2D eigenvalue weighted by molar-refractivity contribution is 6.32. The van der Waals surface area contributed by atoms with Gasteiger partial charge in [-0.2, -0.15) is 0 Å². The molecule has 0 radical (unpaired) electrons. The number of imide groups is 1. The Bertz CT molecular complexity index is 1550. The minimum Gasteiger partial charge on any atom is -0.493 e. The molecule has 39 heavy (non-hydrogen) atoms. The minimum atomic E-state index is -1.25. The summed E-state index contributed by atoms with van der Waals surface area (Å²) in [6.07, 6.45) is 0. The fraction of sp³-hybridized carbons (Fsp3) is 0.222. The number of carbonyl (C=O) groups is 3. The van der Waals surface area contributed by atoms with Gasteiger partial charge in [0, 0.05) is 22.8 Å². The van der Waals surface area contributed by atoms with Gasteiger partial charge >= 0.3 is 0 Å². The van der Waals surface area contributed by atoms with E-state index in [2.05, 4.69) is 0 Å². The van der Waals surface area contributed by atoms with Crippen LogP contribution >= 0.6 is 11.6 Å². The number of hydrogen-bond acceptors (Lipinski definition) is 8. The van der Waals surface area contributed by atoms with Crippen LogP contribution in [-0.2, 0) is 4.79 Å². The Morgan fingerprint density at radius 1 is 0.821 bits per heavy atom. The maximum absolute atomic E-state index is 13.7. The lowest BCUT2D eigenvalue weighted by Gasteiger charge is -2.50. The van der Waals surface area contributed by atoms with E-state index in [0.29, 0.717) is 33.5 Å². The zero-order valence-electron chi connectivity index (χ0n) is 21.3. The third-order valence-electron chi connectivity index (χ3n) is 6.92. The maximum Gasteiger partial charge on any atom is 0.270 e. The molecule has 3 amide bonds. The lowest BCUT2D eigenvalue weighted by Crippen LogP contribution is -2.67. The molecule has 0 unspecified atom stereocenters. The molecule has 0 bridgehead atoms. The first-order chi connectivity index (χ1) is 18.6. The molecule has 2 atom stereocenters. The van der Waals surface area contributed by atoms with Gasteiger partial charge in [-0.05, 0) is 48.4 Å². The van der Waals surface area contributed by atoms with Crippen molar-refractivity contribution in [3.63, 3.8) is 0 Å². The summed E-state index contributed by atoms with van der Waals surface area (Å²) in [5, 5.41) is 11.7. The fourth-order valence-corrected chi connectivity index (χ4v) is 5.14. The number of nitro benzene ring substituents is 1. The summed E-state index contributed by atoms with van der Waals surface area (Å²) in [7, 11) is 4.34. The number of rotatable bonds is 7. The van der Waals surface area contributed by atoms with Crippen LogP contribution in [0, 0.1) is 17.0 Å². The molecule has 200 valence electrons. The van der Waals surface area contributed by atoms with Gasteiger partial charge in [0.15, 0.2) is 11.5 Å². The van der Waals surface area contributed by atoms with Crippen LogP contribution in [-0.4, -0.2) is 54.9 Å². The molecule has 1 fully saturated rings. The molecule has 11 nitrogen and oxygen atoms in total. The number of amides is 3. The van der Waals surface area contributed by atoms with Crippen LogP contribution in [0.2, 0.25) is 5.02 Å². The molecule has 2 heterocycles. The number of nitro groups is 1. The topological polar surface area (TPSA) is 129 Å². The van der Waals surface area contributed by atoms with Crippen LogP contribution in [0.5, 0.6) is 17.2 Å². The normalized spacial score (nSPS) is 18.1. The molecular formula is C27H22ClN3O8. The predicted octanol–water partition coefficient (Wildman–Crippen LogP) is 4.34. The van der Waals surface area contributed by atoms with E-state index in [4.69, 9.17) is 25.8 Å². The van der Waals surface area contributed by atoms with E-state index >= 15 is 0 Å². The number of nitrogens with zero attached hydrogens (tertiary/aromatic N) is 3. The Hall–Kier alpha value is -4.64. The molecule has 1 saturated heterocycles. The molecule has 0 aliphatic carbocycles. The number of hydrogen-bond donors (Lipinski definition) is 0. The van der Waals surface area contributed by atoms with Crippen LogP contribution < -0.4 is 19.1 Å². The summed E-state index contributed by atoms with van der Waals surface area (Å²) in [6, 6.07) is 9.68. The molecule has 0 N–H and O–H groups in total. The highest BCUT2D eigenvalue weighted by Crippen LogP contribution is 2.48. The van der Waals surface area contributed by atoms with Gasteiger partial charge < -0.3 is 19.1 Å². The summed E-state index contributed by atoms with van der Waals surface area (Å²) < 4.78 is 16.4. The molecule has 0 spiro atoms. The van der Waals surface area contributed by atoms with Crippen LogP contribution in [0.3, 0.4) is 0 Å². The van der Waals surface area contributed by atoms with Crippen molar-refractivity contribution in [1.29, 1.82) is 0 Å². The van der Waals surface area contributed by atoms with Crippen molar-refractivity contribution in [1.82, 2.24) is 4.90 Å². The van der Waals surface area contributed by atoms with Crippen LogP contribution in [0.1, 0.15) is 37.9 Å². The van der Waals surface area contributed by atoms with Gasteiger partial charge in [-0.25, -0.2) is 0 Å². The second-order valence-electron chi connectivity index (χ2n) is 8.96. The number of non-ortho nitro benzene ring substituents is 1. The standard InChI is InChI=1S/C27H22ClN3O8/c1-13-5-6-15(12-19(13)28)29-22(14-9-20(37-2)24(39-4)21(10-14)38-3)23(27(29)34)30-25(32)17-8-7-16(31(35)36)11-18(17)26(30)33/h5-12,22-23H,1-4H3/t22-,23-/m0/s1. The molecule has 2 aliphatic rings. The van der Waals surface area contributed by atoms with E-state index in [1.54, 1.807) is 30.3 Å². The summed E-state index contributed by atoms with van der Waals surface area (Å²) in [5.41, 5.74) is 1.26. The quantitative estimate of drug-likeness (QED) is 0.184. The van der Waals surface area contributed by atoms with Gasteiger partial charge in [-0.15, -0.1) is 0 Å². The van der Waals surface area contributed by atoms with E-state index in [-0.39, 0.29) is 16.8 Å². The Kier molecular flexibility index (Phi) is 6.39. The summed E-state index contributed by atoms with van der Waals surface area (Å²) in [5.74, 6) is -1.10. The smallest absolute Gasteiger partial charge is 0.270 e. The molecule has 0 saturated carbocycles. The molecule has 12 heteroatoms. The average Bonchev–Trinajstić information content (AvgIpc) is 3.17. The molecular weight excluding hydrogens is 530 g/mol. The number of anilines is 1. The lowest BCUT2D eigenvalue weighted by atomic mass is 9.85. The van der Waals surface area contributed by atoms with E-state index in [1.807, 2.05) is 6.92 Å². The third kappa shape index (κ3) is 3.93. The van der Waals surface area contributed by atoms with Gasteiger partial charge in [0.05, 0.1) is 43.4 Å². The number of benzene rings is 3.